The summed E-state index contributed by atoms with van der Waals surface area (Å²) >= 11 is 12.5. The minimum Gasteiger partial charge on any atom is -0.493 e. The van der Waals surface area contributed by atoms with E-state index in [0.29, 0.717) is 21.2 Å². The Morgan fingerprint density at radius 2 is 1.42 bits per heavy atom. The summed E-state index contributed by atoms with van der Waals surface area (Å²) in [5.41, 5.74) is 1.30. The van der Waals surface area contributed by atoms with Gasteiger partial charge in [0.15, 0.2) is 0 Å². The lowest BCUT2D eigenvalue weighted by Gasteiger charge is -2.39. The van der Waals surface area contributed by atoms with Crippen molar-refractivity contribution in [1.29, 1.82) is 0 Å². The minimum atomic E-state index is -4.61. The van der Waals surface area contributed by atoms with E-state index in [4.69, 9.17) is 32.9 Å². The van der Waals surface area contributed by atoms with E-state index in [-0.39, 0.29) is 55.8 Å². The van der Waals surface area contributed by atoms with Gasteiger partial charge in [-0.05, 0) is 72.6 Å². The van der Waals surface area contributed by atoms with E-state index in [1.165, 1.54) is 11.0 Å². The topological polar surface area (TPSA) is 78.3 Å². The summed E-state index contributed by atoms with van der Waals surface area (Å²) in [6.07, 6.45) is -1.51. The lowest BCUT2D eigenvalue weighted by molar-refractivity contribution is -0.137. The molecule has 0 radical (unpaired) electrons. The van der Waals surface area contributed by atoms with Crippen LogP contribution < -0.4 is 4.74 Å². The van der Waals surface area contributed by atoms with Crippen LogP contribution in [0.25, 0.3) is 0 Å². The first-order chi connectivity index (χ1) is 23.0. The molecule has 0 bridgehead atoms. The van der Waals surface area contributed by atoms with Gasteiger partial charge in [0.2, 0.25) is 0 Å². The van der Waals surface area contributed by atoms with Crippen molar-refractivity contribution >= 4 is 41.0 Å². The summed E-state index contributed by atoms with van der Waals surface area (Å²) in [6, 6.07) is 18.8. The zero-order valence-electron chi connectivity index (χ0n) is 25.7. The van der Waals surface area contributed by atoms with Crippen molar-refractivity contribution in [2.24, 2.45) is 4.99 Å². The average molecular weight is 697 g/mol. The first-order valence-electron chi connectivity index (χ1n) is 15.3. The number of urea groups is 1. The summed E-state index contributed by atoms with van der Waals surface area (Å²) in [6.45, 7) is 2.77. The van der Waals surface area contributed by atoms with Gasteiger partial charge in [0.05, 0.1) is 23.8 Å². The molecule has 0 aliphatic carbocycles. The number of pyridine rings is 1. The maximum Gasteiger partial charge on any atom is 0.416 e. The molecule has 4 aromatic rings. The molecular formula is C35H30Cl2F3N5O3. The number of halogens is 5. The van der Waals surface area contributed by atoms with Gasteiger partial charge in [0, 0.05) is 54.2 Å². The van der Waals surface area contributed by atoms with Crippen molar-refractivity contribution < 1.29 is 27.5 Å². The Morgan fingerprint density at radius 1 is 0.833 bits per heavy atom. The molecule has 8 nitrogen and oxygen atoms in total. The molecule has 13 heteroatoms. The fourth-order valence-electron chi connectivity index (χ4n) is 5.94. The lowest BCUT2D eigenvalue weighted by atomic mass is 9.93. The maximum absolute atomic E-state index is 14.7. The molecule has 3 heterocycles. The first kappa shape index (κ1) is 33.3. The number of piperazine rings is 1. The van der Waals surface area contributed by atoms with Crippen molar-refractivity contribution in [3.63, 3.8) is 0 Å². The van der Waals surface area contributed by atoms with E-state index in [1.54, 1.807) is 77.6 Å². The number of benzene rings is 3. The number of aliphatic imine (C=N–C) groups is 1. The third kappa shape index (κ3) is 6.84. The summed E-state index contributed by atoms with van der Waals surface area (Å²) in [4.78, 5) is 41.6. The van der Waals surface area contributed by atoms with E-state index in [0.717, 1.165) is 17.7 Å². The minimum absolute atomic E-state index is 0.0525. The molecule has 0 saturated carbocycles. The number of alkyl halides is 3. The first-order valence-corrected chi connectivity index (χ1v) is 16.0. The molecule has 2 aliphatic heterocycles. The highest BCUT2D eigenvalue weighted by atomic mass is 35.5. The molecule has 2 unspecified atom stereocenters. The quantitative estimate of drug-likeness (QED) is 0.205. The molecule has 1 saturated heterocycles. The highest BCUT2D eigenvalue weighted by molar-refractivity contribution is 6.30. The largest absolute Gasteiger partial charge is 0.493 e. The fraction of sp³-hybridized carbons (Fsp3) is 0.257. The van der Waals surface area contributed by atoms with Crippen LogP contribution in [0.2, 0.25) is 10.0 Å². The van der Waals surface area contributed by atoms with Gasteiger partial charge < -0.3 is 14.5 Å². The number of amides is 3. The number of carbonyl (C=O) groups is 2. The van der Waals surface area contributed by atoms with Crippen LogP contribution in [0.3, 0.4) is 0 Å². The van der Waals surface area contributed by atoms with E-state index in [9.17, 15) is 22.8 Å². The van der Waals surface area contributed by atoms with Crippen LogP contribution in [0.4, 0.5) is 18.0 Å². The van der Waals surface area contributed by atoms with Crippen LogP contribution in [0, 0.1) is 0 Å². The summed E-state index contributed by atoms with van der Waals surface area (Å²) in [5.74, 6) is -0.0588. The van der Waals surface area contributed by atoms with E-state index >= 15 is 0 Å². The maximum atomic E-state index is 14.7. The predicted molar refractivity (Wildman–Crippen MR) is 176 cm³/mol. The van der Waals surface area contributed by atoms with E-state index in [1.807, 2.05) is 12.1 Å². The van der Waals surface area contributed by atoms with Crippen LogP contribution in [0.5, 0.6) is 5.75 Å². The Kier molecular flexibility index (Phi) is 9.61. The van der Waals surface area contributed by atoms with Gasteiger partial charge in [-0.2, -0.15) is 13.2 Å². The van der Waals surface area contributed by atoms with Gasteiger partial charge in [0.1, 0.15) is 17.6 Å². The Balaban J connectivity index is 1.42. The second-order valence-electron chi connectivity index (χ2n) is 11.3. The van der Waals surface area contributed by atoms with Crippen LogP contribution in [-0.4, -0.2) is 70.2 Å². The Hall–Kier alpha value is -4.61. The molecule has 0 spiro atoms. The number of ether oxygens (including phenoxy) is 1. The van der Waals surface area contributed by atoms with Crippen molar-refractivity contribution in [3.8, 4) is 5.75 Å². The molecule has 48 heavy (non-hydrogen) atoms. The second-order valence-corrected chi connectivity index (χ2v) is 12.1. The van der Waals surface area contributed by atoms with Gasteiger partial charge in [-0.1, -0.05) is 47.5 Å². The molecule has 248 valence electrons. The zero-order valence-corrected chi connectivity index (χ0v) is 27.2. The molecule has 2 atom stereocenters. The Labute approximate surface area is 285 Å². The lowest BCUT2D eigenvalue weighted by Crippen LogP contribution is -2.55. The molecule has 0 N–H and O–H groups in total. The van der Waals surface area contributed by atoms with Crippen LogP contribution in [0.15, 0.2) is 96.2 Å². The van der Waals surface area contributed by atoms with E-state index in [2.05, 4.69) is 4.98 Å². The predicted octanol–water partition coefficient (Wildman–Crippen LogP) is 7.93. The third-order valence-electron chi connectivity index (χ3n) is 8.31. The Morgan fingerprint density at radius 3 is 2.00 bits per heavy atom. The molecule has 3 aromatic carbocycles. The second kappa shape index (κ2) is 13.9. The summed E-state index contributed by atoms with van der Waals surface area (Å²) < 4.78 is 47.1. The third-order valence-corrected chi connectivity index (χ3v) is 8.81. The fourth-order valence-corrected chi connectivity index (χ4v) is 6.20. The monoisotopic (exact) mass is 695 g/mol. The molecule has 3 amide bonds. The highest BCUT2D eigenvalue weighted by Gasteiger charge is 2.45. The zero-order chi connectivity index (χ0) is 34.0. The number of aromatic nitrogens is 1. The number of carbonyl (C=O) groups excluding carboxylic acids is 2. The van der Waals surface area contributed by atoms with Crippen molar-refractivity contribution in [2.75, 3.05) is 32.8 Å². The van der Waals surface area contributed by atoms with Crippen LogP contribution in [-0.2, 0) is 6.18 Å². The van der Waals surface area contributed by atoms with Gasteiger partial charge in [-0.15, -0.1) is 0 Å². The average Bonchev–Trinajstić information content (AvgIpc) is 3.49. The number of nitrogens with zero attached hydrogens (tertiary/aromatic N) is 5. The molecular weight excluding hydrogens is 666 g/mol. The van der Waals surface area contributed by atoms with Crippen LogP contribution in [0.1, 0.15) is 51.6 Å². The van der Waals surface area contributed by atoms with Gasteiger partial charge in [0.25, 0.3) is 5.91 Å². The smallest absolute Gasteiger partial charge is 0.416 e. The molecule has 1 aromatic heterocycles. The van der Waals surface area contributed by atoms with Crippen LogP contribution >= 0.6 is 23.2 Å². The highest BCUT2D eigenvalue weighted by Crippen LogP contribution is 2.46. The molecule has 2 aliphatic rings. The number of hydrogen-bond donors (Lipinski definition) is 0. The standard InChI is InChI=1S/C35H30Cl2F3N5O3/c1-2-48-29-21-25(35(38,39)40)7-12-28(29)32-42-30(22-3-8-26(36)9-4-22)31(23-5-10-27(37)11-6-23)45(32)34(47)44-19-17-43(18-20-44)33(46)24-13-15-41-16-14-24/h3-16,21,30-31H,2,17-20H2,1H3. The molecule has 6 rings (SSSR count). The summed E-state index contributed by atoms with van der Waals surface area (Å²) in [5, 5.41) is 1.01. The normalized spacial score (nSPS) is 18.1. The van der Waals surface area contributed by atoms with Gasteiger partial charge in [-0.3, -0.25) is 19.7 Å². The number of amidine groups is 1. The van der Waals surface area contributed by atoms with Gasteiger partial charge in [-0.25, -0.2) is 4.79 Å². The molecule has 1 fully saturated rings. The SMILES string of the molecule is CCOc1cc(C(F)(F)F)ccc1C1=NC(c2ccc(Cl)cc2)C(c2ccc(Cl)cc2)N1C(=O)N1CCN(C(=O)c2ccncc2)CC1. The van der Waals surface area contributed by atoms with Crippen molar-refractivity contribution in [1.82, 2.24) is 19.7 Å². The number of hydrogen-bond acceptors (Lipinski definition) is 5. The van der Waals surface area contributed by atoms with Crippen molar-refractivity contribution in [3.05, 3.63) is 129 Å². The van der Waals surface area contributed by atoms with Crippen molar-refractivity contribution in [2.45, 2.75) is 25.2 Å². The van der Waals surface area contributed by atoms with Gasteiger partial charge >= 0.3 is 12.2 Å². The summed E-state index contributed by atoms with van der Waals surface area (Å²) in [7, 11) is 0. The van der Waals surface area contributed by atoms with E-state index < -0.39 is 29.9 Å². The number of rotatable bonds is 6. The Bertz CT molecular complexity index is 1810.